The number of nitrogens with zero attached hydrogens (tertiary/aromatic N) is 2. The van der Waals surface area contributed by atoms with E-state index in [1.54, 1.807) is 13.8 Å². The van der Waals surface area contributed by atoms with Gasteiger partial charge in [0.05, 0.1) is 0 Å². The number of carbonyl (C=O) groups is 4. The predicted molar refractivity (Wildman–Crippen MR) is 108 cm³/mol. The fourth-order valence-electron chi connectivity index (χ4n) is 3.58. The van der Waals surface area contributed by atoms with E-state index in [2.05, 4.69) is 0 Å². The van der Waals surface area contributed by atoms with Gasteiger partial charge in [-0.3, -0.25) is 9.59 Å². The largest absolute Gasteiger partial charge is 0.480 e. The van der Waals surface area contributed by atoms with Crippen molar-refractivity contribution in [3.63, 3.8) is 0 Å². The van der Waals surface area contributed by atoms with Crippen LogP contribution >= 0.6 is 21.6 Å². The fraction of sp³-hybridized carbons (Fsp3) is 0.778. The standard InChI is InChI=1S/C18H28N2O6S2/c1-11(15(21)19-7-3-5-13(19)17(23)24)9-27-28-10-12(2)16(22)20-8-4-6-14(20)18(25)26/h11-14H,3-10H2,1-2H3,(H,23,24)(H,25,26)/t11-,12-,13-,14+/m1/s1. The van der Waals surface area contributed by atoms with Gasteiger partial charge in [0.2, 0.25) is 11.8 Å². The second-order valence-electron chi connectivity index (χ2n) is 7.43. The van der Waals surface area contributed by atoms with Gasteiger partial charge in [-0.2, -0.15) is 0 Å². The molecule has 0 unspecified atom stereocenters. The third kappa shape index (κ3) is 5.56. The minimum atomic E-state index is -0.950. The Bertz CT molecular complexity index is 565. The maximum Gasteiger partial charge on any atom is 0.326 e. The Hall–Kier alpha value is -1.42. The van der Waals surface area contributed by atoms with Crippen LogP contribution < -0.4 is 0 Å². The zero-order chi connectivity index (χ0) is 20.8. The summed E-state index contributed by atoms with van der Waals surface area (Å²) in [6.07, 6.45) is 2.43. The molecule has 0 aromatic rings. The van der Waals surface area contributed by atoms with Gasteiger partial charge in [-0.15, -0.1) is 0 Å². The molecule has 2 saturated heterocycles. The molecule has 2 aliphatic heterocycles. The fourth-order valence-corrected chi connectivity index (χ4v) is 6.27. The van der Waals surface area contributed by atoms with Gasteiger partial charge in [0, 0.05) is 36.4 Å². The summed E-state index contributed by atoms with van der Waals surface area (Å²) >= 11 is 0. The van der Waals surface area contributed by atoms with Crippen molar-refractivity contribution in [2.24, 2.45) is 11.8 Å². The number of rotatable bonds is 9. The third-order valence-corrected chi connectivity index (χ3v) is 7.96. The van der Waals surface area contributed by atoms with Gasteiger partial charge in [0.1, 0.15) is 12.1 Å². The lowest BCUT2D eigenvalue weighted by Crippen LogP contribution is -2.43. The Balaban J connectivity index is 1.73. The number of carboxylic acid groups (broad SMARTS) is 2. The summed E-state index contributed by atoms with van der Waals surface area (Å²) in [5, 5.41) is 18.4. The summed E-state index contributed by atoms with van der Waals surface area (Å²) in [4.78, 5) is 50.4. The molecule has 2 heterocycles. The van der Waals surface area contributed by atoms with E-state index in [9.17, 15) is 29.4 Å². The summed E-state index contributed by atoms with van der Waals surface area (Å²) in [7, 11) is 2.98. The van der Waals surface area contributed by atoms with E-state index in [0.717, 1.165) is 0 Å². The van der Waals surface area contributed by atoms with Crippen LogP contribution in [-0.4, -0.2) is 80.4 Å². The van der Waals surface area contributed by atoms with Crippen LogP contribution in [0.4, 0.5) is 0 Å². The van der Waals surface area contributed by atoms with Gasteiger partial charge in [0.25, 0.3) is 0 Å². The number of likely N-dealkylation sites (tertiary alicyclic amines) is 2. The number of carbonyl (C=O) groups excluding carboxylic acids is 2. The van der Waals surface area contributed by atoms with Crippen LogP contribution in [0.2, 0.25) is 0 Å². The Kier molecular flexibility index (Phi) is 8.48. The van der Waals surface area contributed by atoms with E-state index < -0.39 is 24.0 Å². The van der Waals surface area contributed by atoms with Gasteiger partial charge >= 0.3 is 11.9 Å². The molecule has 8 nitrogen and oxygen atoms in total. The number of hydrogen-bond acceptors (Lipinski definition) is 6. The van der Waals surface area contributed by atoms with E-state index in [0.29, 0.717) is 50.3 Å². The van der Waals surface area contributed by atoms with E-state index >= 15 is 0 Å². The minimum absolute atomic E-state index is 0.136. The first-order valence-corrected chi connectivity index (χ1v) is 12.0. The van der Waals surface area contributed by atoms with Crippen LogP contribution in [0.5, 0.6) is 0 Å². The lowest BCUT2D eigenvalue weighted by molar-refractivity contribution is -0.149. The molecular weight excluding hydrogens is 404 g/mol. The van der Waals surface area contributed by atoms with Gasteiger partial charge in [-0.25, -0.2) is 9.59 Å². The molecular formula is C18H28N2O6S2. The van der Waals surface area contributed by atoms with Gasteiger partial charge in [-0.05, 0) is 25.7 Å². The molecule has 0 aromatic heterocycles. The first kappa shape index (κ1) is 22.9. The molecule has 2 rings (SSSR count). The molecule has 0 radical (unpaired) electrons. The Morgan fingerprint density at radius 2 is 1.18 bits per heavy atom. The van der Waals surface area contributed by atoms with Crippen molar-refractivity contribution in [2.45, 2.75) is 51.6 Å². The maximum atomic E-state index is 12.5. The third-order valence-electron chi connectivity index (χ3n) is 5.20. The van der Waals surface area contributed by atoms with Crippen LogP contribution in [0.3, 0.4) is 0 Å². The summed E-state index contributed by atoms with van der Waals surface area (Å²) in [5.41, 5.74) is 0. The molecule has 0 saturated carbocycles. The van der Waals surface area contributed by atoms with Gasteiger partial charge in [0.15, 0.2) is 0 Å². The smallest absolute Gasteiger partial charge is 0.326 e. The molecule has 158 valence electrons. The first-order chi connectivity index (χ1) is 13.2. The molecule has 2 amide bonds. The molecule has 2 N–H and O–H groups in total. The van der Waals surface area contributed by atoms with Crippen LogP contribution in [0.15, 0.2) is 0 Å². The average Bonchev–Trinajstić information content (AvgIpc) is 3.32. The minimum Gasteiger partial charge on any atom is -0.480 e. The number of aliphatic carboxylic acids is 2. The highest BCUT2D eigenvalue weighted by molar-refractivity contribution is 8.76. The number of carboxylic acids is 2. The monoisotopic (exact) mass is 432 g/mol. The van der Waals surface area contributed by atoms with Crippen molar-refractivity contribution >= 4 is 45.3 Å². The van der Waals surface area contributed by atoms with Crippen molar-refractivity contribution in [1.29, 1.82) is 0 Å². The van der Waals surface area contributed by atoms with E-state index in [-0.39, 0.29) is 23.7 Å². The molecule has 4 atom stereocenters. The Labute approximate surface area is 172 Å². The molecule has 2 fully saturated rings. The van der Waals surface area contributed by atoms with Gasteiger partial charge < -0.3 is 20.0 Å². The number of hydrogen-bond donors (Lipinski definition) is 2. The lowest BCUT2D eigenvalue weighted by Gasteiger charge is -2.25. The summed E-state index contributed by atoms with van der Waals surface area (Å²) in [6, 6.07) is -1.43. The quantitative estimate of drug-likeness (QED) is 0.419. The van der Waals surface area contributed by atoms with Crippen LogP contribution in [-0.2, 0) is 19.2 Å². The van der Waals surface area contributed by atoms with Crippen molar-refractivity contribution in [3.8, 4) is 0 Å². The molecule has 10 heteroatoms. The second kappa shape index (κ2) is 10.4. The highest BCUT2D eigenvalue weighted by Crippen LogP contribution is 2.30. The van der Waals surface area contributed by atoms with E-state index in [4.69, 9.17) is 0 Å². The van der Waals surface area contributed by atoms with Crippen molar-refractivity contribution in [3.05, 3.63) is 0 Å². The molecule has 0 bridgehead atoms. The zero-order valence-electron chi connectivity index (χ0n) is 16.2. The Morgan fingerprint density at radius 3 is 1.50 bits per heavy atom. The predicted octanol–water partition coefficient (Wildman–Crippen LogP) is 1.79. The zero-order valence-corrected chi connectivity index (χ0v) is 17.8. The normalized spacial score (nSPS) is 24.2. The van der Waals surface area contributed by atoms with E-state index in [1.165, 1.54) is 31.4 Å². The van der Waals surface area contributed by atoms with Crippen LogP contribution in [0.1, 0.15) is 39.5 Å². The number of amides is 2. The highest BCUT2D eigenvalue weighted by Gasteiger charge is 2.37. The topological polar surface area (TPSA) is 115 Å². The summed E-state index contributed by atoms with van der Waals surface area (Å²) in [5.74, 6) is -1.68. The van der Waals surface area contributed by atoms with Crippen molar-refractivity contribution in [2.75, 3.05) is 24.6 Å². The molecule has 0 spiro atoms. The van der Waals surface area contributed by atoms with Crippen molar-refractivity contribution < 1.29 is 29.4 Å². The molecule has 0 aliphatic carbocycles. The molecule has 2 aliphatic rings. The average molecular weight is 433 g/mol. The van der Waals surface area contributed by atoms with Crippen LogP contribution in [0, 0.1) is 11.8 Å². The molecule has 28 heavy (non-hydrogen) atoms. The van der Waals surface area contributed by atoms with Crippen molar-refractivity contribution in [1.82, 2.24) is 9.80 Å². The lowest BCUT2D eigenvalue weighted by atomic mass is 10.1. The highest BCUT2D eigenvalue weighted by atomic mass is 33.1. The van der Waals surface area contributed by atoms with Gasteiger partial charge in [-0.1, -0.05) is 35.4 Å². The summed E-state index contributed by atoms with van der Waals surface area (Å²) < 4.78 is 0. The Morgan fingerprint density at radius 1 is 0.821 bits per heavy atom. The van der Waals surface area contributed by atoms with E-state index in [1.807, 2.05) is 0 Å². The second-order valence-corrected chi connectivity index (χ2v) is 9.98. The SMILES string of the molecule is C[C@H](CSSC[C@@H](C)C(=O)N1CCC[C@H]1C(=O)O)C(=O)N1CCC[C@@H]1C(=O)O. The summed E-state index contributed by atoms with van der Waals surface area (Å²) in [6.45, 7) is 4.57. The maximum absolute atomic E-state index is 12.5. The van der Waals surface area contributed by atoms with Crippen LogP contribution in [0.25, 0.3) is 0 Å². The molecule has 0 aromatic carbocycles. The first-order valence-electron chi connectivity index (χ1n) is 9.55.